The van der Waals surface area contributed by atoms with E-state index in [0.717, 1.165) is 38.5 Å². The molecule has 4 saturated carbocycles. The number of fused-ring (bicyclic) bond motifs is 5. The number of aliphatic hydroxyl groups excluding tert-OH is 1. The monoisotopic (exact) mass is 461 g/mol. The summed E-state index contributed by atoms with van der Waals surface area (Å²) in [5, 5.41) is 15.1. The molecule has 0 aliphatic heterocycles. The third-order valence-electron chi connectivity index (χ3n) is 10.9. The van der Waals surface area contributed by atoms with Crippen LogP contribution < -0.4 is 0 Å². The van der Waals surface area contributed by atoms with Crippen LogP contribution in [0.15, 0.2) is 5.18 Å². The van der Waals surface area contributed by atoms with Gasteiger partial charge in [0.25, 0.3) is 0 Å². The van der Waals surface area contributed by atoms with Crippen molar-refractivity contribution in [3.63, 3.8) is 0 Å². The van der Waals surface area contributed by atoms with E-state index in [2.05, 4.69) is 25.9 Å². The van der Waals surface area contributed by atoms with E-state index >= 15 is 0 Å². The number of hydrogen-bond donors (Lipinski definition) is 1. The average molecular weight is 462 g/mol. The lowest BCUT2D eigenvalue weighted by molar-refractivity contribution is -0.169. The predicted octanol–water partition coefficient (Wildman–Crippen LogP) is 6.51. The molecule has 0 spiro atoms. The van der Waals surface area contributed by atoms with Crippen LogP contribution in [0.25, 0.3) is 0 Å². The zero-order valence-corrected chi connectivity index (χ0v) is 21.8. The molecule has 4 rings (SSSR count). The standard InChI is InChI=1S/C28H47NO4/c1-17(7-12-25(31)33-26(2,3)4)21-10-11-22-20-9-8-18-15-19(29-32)13-14-27(18,5)23(20)16-24(30)28(21,22)6/h17-24,30H,7-16H2,1-6H3. The Morgan fingerprint density at radius 3 is 2.48 bits per heavy atom. The van der Waals surface area contributed by atoms with Gasteiger partial charge >= 0.3 is 5.97 Å². The van der Waals surface area contributed by atoms with Crippen LogP contribution in [0, 0.1) is 51.2 Å². The van der Waals surface area contributed by atoms with E-state index in [0.29, 0.717) is 41.9 Å². The molecule has 33 heavy (non-hydrogen) atoms. The fraction of sp³-hybridized carbons (Fsp3) is 0.964. The number of nitrogens with zero attached hydrogens (tertiary/aromatic N) is 1. The molecular weight excluding hydrogens is 414 g/mol. The van der Waals surface area contributed by atoms with E-state index in [-0.39, 0.29) is 28.9 Å². The van der Waals surface area contributed by atoms with Crippen LogP contribution in [0.4, 0.5) is 0 Å². The summed E-state index contributed by atoms with van der Waals surface area (Å²) < 4.78 is 5.54. The first kappa shape index (κ1) is 25.1. The van der Waals surface area contributed by atoms with E-state index in [9.17, 15) is 14.8 Å². The second-order valence-electron chi connectivity index (χ2n) is 13.6. The van der Waals surface area contributed by atoms with Gasteiger partial charge in [-0.05, 0) is 125 Å². The summed E-state index contributed by atoms with van der Waals surface area (Å²) >= 11 is 0. The van der Waals surface area contributed by atoms with Gasteiger partial charge in [0, 0.05) is 6.42 Å². The van der Waals surface area contributed by atoms with Crippen LogP contribution in [0.2, 0.25) is 0 Å². The average Bonchev–Trinajstić information content (AvgIpc) is 3.10. The van der Waals surface area contributed by atoms with Gasteiger partial charge in [-0.1, -0.05) is 25.9 Å². The number of carbonyl (C=O) groups excluding carboxylic acids is 1. The normalized spacial score (nSPS) is 46.0. The molecule has 0 radical (unpaired) electrons. The van der Waals surface area contributed by atoms with E-state index in [1.165, 1.54) is 19.3 Å². The fourth-order valence-electron chi connectivity index (χ4n) is 9.20. The molecule has 10 atom stereocenters. The van der Waals surface area contributed by atoms with Crippen molar-refractivity contribution in [2.75, 3.05) is 0 Å². The van der Waals surface area contributed by atoms with Gasteiger partial charge in [-0.3, -0.25) is 4.79 Å². The lowest BCUT2D eigenvalue weighted by Crippen LogP contribution is -2.58. The van der Waals surface area contributed by atoms with Crippen LogP contribution in [-0.2, 0) is 9.53 Å². The maximum atomic E-state index is 12.3. The van der Waals surface area contributed by atoms with E-state index in [4.69, 9.17) is 4.74 Å². The molecule has 10 unspecified atom stereocenters. The SMILES string of the molecule is CC(CCC(=O)OC(C)(C)C)C1CCC2C3CCC4CC(N=O)CCC4(C)C3CC(O)C12C. The number of hydrogen-bond acceptors (Lipinski definition) is 5. The summed E-state index contributed by atoms with van der Waals surface area (Å²) in [4.78, 5) is 23.5. The predicted molar refractivity (Wildman–Crippen MR) is 130 cm³/mol. The third-order valence-corrected chi connectivity index (χ3v) is 10.9. The molecular formula is C28H47NO4. The van der Waals surface area contributed by atoms with Crippen LogP contribution in [0.1, 0.15) is 106 Å². The summed E-state index contributed by atoms with van der Waals surface area (Å²) in [6, 6.07) is 0.0000821. The second-order valence-corrected chi connectivity index (χ2v) is 13.6. The van der Waals surface area contributed by atoms with Gasteiger partial charge in [-0.25, -0.2) is 0 Å². The van der Waals surface area contributed by atoms with E-state index in [1.807, 2.05) is 20.8 Å². The number of aliphatic hydroxyl groups is 1. The molecule has 0 aromatic heterocycles. The smallest absolute Gasteiger partial charge is 0.306 e. The third kappa shape index (κ3) is 4.41. The Bertz CT molecular complexity index is 747. The number of rotatable bonds is 5. The first-order valence-corrected chi connectivity index (χ1v) is 13.6. The molecule has 4 aliphatic rings. The van der Waals surface area contributed by atoms with Gasteiger partial charge < -0.3 is 9.84 Å². The Kier molecular flexibility index (Phi) is 6.79. The largest absolute Gasteiger partial charge is 0.460 e. The fourth-order valence-corrected chi connectivity index (χ4v) is 9.20. The summed E-state index contributed by atoms with van der Waals surface area (Å²) in [6.45, 7) is 12.9. The molecule has 0 bridgehead atoms. The molecule has 0 amide bonds. The Morgan fingerprint density at radius 2 is 1.82 bits per heavy atom. The van der Waals surface area contributed by atoms with Crippen molar-refractivity contribution in [1.82, 2.24) is 0 Å². The summed E-state index contributed by atoms with van der Waals surface area (Å²) in [7, 11) is 0. The number of carbonyl (C=O) groups is 1. The molecule has 4 aliphatic carbocycles. The summed E-state index contributed by atoms with van der Waals surface area (Å²) in [5.41, 5.74) is -0.249. The van der Waals surface area contributed by atoms with Gasteiger partial charge in [0.05, 0.1) is 12.1 Å². The van der Waals surface area contributed by atoms with Crippen LogP contribution in [-0.4, -0.2) is 28.8 Å². The molecule has 0 aromatic carbocycles. The number of ether oxygens (including phenoxy) is 1. The first-order valence-electron chi connectivity index (χ1n) is 13.6. The van der Waals surface area contributed by atoms with Gasteiger partial charge in [0.1, 0.15) is 5.60 Å². The van der Waals surface area contributed by atoms with Crippen molar-refractivity contribution < 1.29 is 14.6 Å². The van der Waals surface area contributed by atoms with E-state index < -0.39 is 5.60 Å². The van der Waals surface area contributed by atoms with Gasteiger partial charge in [0.2, 0.25) is 0 Å². The minimum Gasteiger partial charge on any atom is -0.460 e. The molecule has 4 fully saturated rings. The molecule has 188 valence electrons. The molecule has 5 nitrogen and oxygen atoms in total. The molecule has 1 N–H and O–H groups in total. The van der Waals surface area contributed by atoms with Crippen LogP contribution in [0.5, 0.6) is 0 Å². The number of esters is 1. The lowest BCUT2D eigenvalue weighted by atomic mass is 9.43. The van der Waals surface area contributed by atoms with Crippen molar-refractivity contribution in [3.05, 3.63) is 4.91 Å². The molecule has 0 saturated heterocycles. The highest BCUT2D eigenvalue weighted by atomic mass is 16.6. The van der Waals surface area contributed by atoms with Crippen molar-refractivity contribution >= 4 is 5.97 Å². The minimum absolute atomic E-state index is 0.0000821. The van der Waals surface area contributed by atoms with Crippen LogP contribution >= 0.6 is 0 Å². The zero-order chi connectivity index (χ0) is 24.2. The maximum Gasteiger partial charge on any atom is 0.306 e. The topological polar surface area (TPSA) is 76.0 Å². The summed E-state index contributed by atoms with van der Waals surface area (Å²) in [6.07, 6.45) is 9.69. The lowest BCUT2D eigenvalue weighted by Gasteiger charge is -2.62. The quantitative estimate of drug-likeness (QED) is 0.374. The highest BCUT2D eigenvalue weighted by Crippen LogP contribution is 2.68. The molecule has 5 heteroatoms. The molecule has 0 aromatic rings. The first-order chi connectivity index (χ1) is 15.4. The Hall–Kier alpha value is -0.970. The van der Waals surface area contributed by atoms with Crippen molar-refractivity contribution in [1.29, 1.82) is 0 Å². The van der Waals surface area contributed by atoms with Crippen molar-refractivity contribution in [3.8, 4) is 0 Å². The second kappa shape index (κ2) is 8.91. The summed E-state index contributed by atoms with van der Waals surface area (Å²) in [5.74, 6) is 3.15. The van der Waals surface area contributed by atoms with Crippen molar-refractivity contribution in [2.45, 2.75) is 123 Å². The Balaban J connectivity index is 1.46. The molecule has 0 heterocycles. The highest BCUT2D eigenvalue weighted by molar-refractivity contribution is 5.69. The zero-order valence-electron chi connectivity index (χ0n) is 21.8. The van der Waals surface area contributed by atoms with Gasteiger partial charge in [-0.15, -0.1) is 0 Å². The Labute approximate surface area is 200 Å². The number of nitroso groups, excluding NO2 is 1. The minimum atomic E-state index is -0.435. The maximum absolute atomic E-state index is 12.3. The van der Waals surface area contributed by atoms with Gasteiger partial charge in [-0.2, -0.15) is 4.91 Å². The van der Waals surface area contributed by atoms with Gasteiger partial charge in [0.15, 0.2) is 0 Å². The van der Waals surface area contributed by atoms with Crippen molar-refractivity contribution in [2.24, 2.45) is 51.5 Å². The highest BCUT2D eigenvalue weighted by Gasteiger charge is 2.63. The Morgan fingerprint density at radius 1 is 1.09 bits per heavy atom. The van der Waals surface area contributed by atoms with Crippen LogP contribution in [0.3, 0.4) is 0 Å². The van der Waals surface area contributed by atoms with E-state index in [1.54, 1.807) is 0 Å².